The van der Waals surface area contributed by atoms with Gasteiger partial charge in [0, 0.05) is 44.0 Å². The maximum absolute atomic E-state index is 12.4. The molecule has 22 heteroatoms. The van der Waals surface area contributed by atoms with Crippen LogP contribution in [0.2, 0.25) is 0 Å². The SMILES string of the molecule is C=C(C(=C\C=C\Nc1nc(N)nc(N2CCOCC2)n1)/C=C/C1CC=C(Nc2nc(N)nc(N3CCOCC3)n2)C=C1S(=O)(=O)O)S(=O)(=O)O. The summed E-state index contributed by atoms with van der Waals surface area (Å²) in [4.78, 5) is 27.8. The first kappa shape index (κ1) is 36.3. The zero-order chi connectivity index (χ0) is 35.9. The van der Waals surface area contributed by atoms with Crippen LogP contribution < -0.4 is 31.9 Å². The lowest BCUT2D eigenvalue weighted by Crippen LogP contribution is -2.37. The van der Waals surface area contributed by atoms with Crippen LogP contribution in [0, 0.1) is 5.92 Å². The van der Waals surface area contributed by atoms with Crippen molar-refractivity contribution in [3.8, 4) is 0 Å². The summed E-state index contributed by atoms with van der Waals surface area (Å²) in [6.07, 6.45) is 9.56. The van der Waals surface area contributed by atoms with Crippen LogP contribution in [-0.4, -0.2) is 108 Å². The van der Waals surface area contributed by atoms with Crippen LogP contribution in [-0.2, 0) is 29.7 Å². The van der Waals surface area contributed by atoms with Gasteiger partial charge in [-0.05, 0) is 24.1 Å². The van der Waals surface area contributed by atoms with E-state index in [0.29, 0.717) is 64.5 Å². The van der Waals surface area contributed by atoms with E-state index in [1.54, 1.807) is 6.08 Å². The van der Waals surface area contributed by atoms with E-state index in [1.807, 2.05) is 9.80 Å². The molecule has 0 bridgehead atoms. The molecule has 2 aromatic rings. The Hall–Kier alpha value is -5.00. The third-order valence-electron chi connectivity index (χ3n) is 7.40. The number of nitrogens with zero attached hydrogens (tertiary/aromatic N) is 8. The topological polar surface area (TPSA) is 287 Å². The molecule has 8 N–H and O–H groups in total. The Balaban J connectivity index is 1.33. The third kappa shape index (κ3) is 9.79. The smallest absolute Gasteiger partial charge is 0.294 e. The highest BCUT2D eigenvalue weighted by atomic mass is 32.2. The van der Waals surface area contributed by atoms with Crippen molar-refractivity contribution >= 4 is 55.9 Å². The summed E-state index contributed by atoms with van der Waals surface area (Å²) in [7, 11) is -9.49. The Morgan fingerprint density at radius 2 is 1.44 bits per heavy atom. The maximum atomic E-state index is 12.4. The normalized spacial score (nSPS) is 19.4. The van der Waals surface area contributed by atoms with Crippen LogP contribution in [0.3, 0.4) is 0 Å². The molecule has 3 aliphatic rings. The van der Waals surface area contributed by atoms with Crippen LogP contribution in [0.4, 0.5) is 35.7 Å². The summed E-state index contributed by atoms with van der Waals surface area (Å²) in [5.74, 6) is -0.169. The maximum Gasteiger partial charge on any atom is 0.294 e. The van der Waals surface area contributed by atoms with Crippen molar-refractivity contribution in [3.05, 3.63) is 70.3 Å². The van der Waals surface area contributed by atoms with Crippen molar-refractivity contribution in [2.45, 2.75) is 6.42 Å². The average molecular weight is 733 g/mol. The summed E-state index contributed by atoms with van der Waals surface area (Å²) < 4.78 is 79.3. The number of nitrogen functional groups attached to an aromatic ring is 2. The van der Waals surface area contributed by atoms with Gasteiger partial charge in [0.05, 0.1) is 36.2 Å². The van der Waals surface area contributed by atoms with Crippen molar-refractivity contribution in [3.63, 3.8) is 0 Å². The first-order chi connectivity index (χ1) is 23.8. The number of allylic oxidation sites excluding steroid dienone is 8. The quantitative estimate of drug-likeness (QED) is 0.128. The lowest BCUT2D eigenvalue weighted by Gasteiger charge is -2.27. The lowest BCUT2D eigenvalue weighted by molar-refractivity contribution is 0.122. The lowest BCUT2D eigenvalue weighted by atomic mass is 9.97. The molecule has 0 aromatic carbocycles. The van der Waals surface area contributed by atoms with E-state index in [1.165, 1.54) is 36.6 Å². The van der Waals surface area contributed by atoms with Crippen molar-refractivity contribution in [1.29, 1.82) is 0 Å². The largest absolute Gasteiger partial charge is 0.378 e. The predicted octanol–water partition coefficient (Wildman–Crippen LogP) is 0.492. The van der Waals surface area contributed by atoms with Gasteiger partial charge in [-0.15, -0.1) is 0 Å². The average Bonchev–Trinajstić information content (AvgIpc) is 3.07. The fraction of sp³-hybridized carbons (Fsp3) is 0.357. The number of nitrogens with one attached hydrogen (secondary N) is 2. The molecule has 0 spiro atoms. The summed E-state index contributed by atoms with van der Waals surface area (Å²) in [6.45, 7) is 7.69. The van der Waals surface area contributed by atoms with Crippen molar-refractivity contribution < 1.29 is 35.4 Å². The molecule has 2 aliphatic heterocycles. The molecule has 2 aromatic heterocycles. The zero-order valence-electron chi connectivity index (χ0n) is 26.6. The van der Waals surface area contributed by atoms with Crippen molar-refractivity contribution in [2.24, 2.45) is 5.92 Å². The summed E-state index contributed by atoms with van der Waals surface area (Å²) in [5.41, 5.74) is 11.9. The molecule has 1 aliphatic carbocycles. The highest BCUT2D eigenvalue weighted by molar-refractivity contribution is 7.90. The van der Waals surface area contributed by atoms with E-state index in [0.717, 1.165) is 0 Å². The zero-order valence-corrected chi connectivity index (χ0v) is 28.2. The summed E-state index contributed by atoms with van der Waals surface area (Å²) in [5, 5.41) is 5.72. The Morgan fingerprint density at radius 1 is 0.880 bits per heavy atom. The first-order valence-electron chi connectivity index (χ1n) is 15.1. The van der Waals surface area contributed by atoms with Gasteiger partial charge in [0.2, 0.25) is 35.7 Å². The first-order valence-corrected chi connectivity index (χ1v) is 18.0. The number of ether oxygens (including phenoxy) is 2. The van der Waals surface area contributed by atoms with Crippen molar-refractivity contribution in [2.75, 3.05) is 84.5 Å². The summed E-state index contributed by atoms with van der Waals surface area (Å²) in [6, 6.07) is 0. The van der Waals surface area contributed by atoms with E-state index in [9.17, 15) is 25.9 Å². The molecule has 0 radical (unpaired) electrons. The minimum absolute atomic E-state index is 0.0194. The Morgan fingerprint density at radius 3 is 2.00 bits per heavy atom. The van der Waals surface area contributed by atoms with Crippen LogP contribution in [0.15, 0.2) is 70.3 Å². The molecule has 20 nitrogen and oxygen atoms in total. The molecule has 268 valence electrons. The number of rotatable bonds is 12. The second-order valence-corrected chi connectivity index (χ2v) is 13.7. The predicted molar refractivity (Wildman–Crippen MR) is 185 cm³/mol. The van der Waals surface area contributed by atoms with Gasteiger partial charge in [-0.1, -0.05) is 30.9 Å². The third-order valence-corrected chi connectivity index (χ3v) is 9.28. The number of hydrogen-bond acceptors (Lipinski definition) is 18. The number of hydrogen-bond donors (Lipinski definition) is 6. The second kappa shape index (κ2) is 15.7. The van der Waals surface area contributed by atoms with E-state index in [-0.39, 0.29) is 41.5 Å². The fourth-order valence-electron chi connectivity index (χ4n) is 4.92. The van der Waals surface area contributed by atoms with E-state index in [2.05, 4.69) is 47.1 Å². The number of morpholine rings is 2. The molecular formula is C28H36N12O8S2. The van der Waals surface area contributed by atoms with Gasteiger partial charge in [0.15, 0.2) is 0 Å². The van der Waals surface area contributed by atoms with Crippen LogP contribution in [0.1, 0.15) is 6.42 Å². The van der Waals surface area contributed by atoms with E-state index < -0.39 is 36.0 Å². The van der Waals surface area contributed by atoms with Crippen LogP contribution in [0.5, 0.6) is 0 Å². The molecule has 50 heavy (non-hydrogen) atoms. The fourth-order valence-corrected chi connectivity index (χ4v) is 6.19. The van der Waals surface area contributed by atoms with Gasteiger partial charge in [0.1, 0.15) is 0 Å². The van der Waals surface area contributed by atoms with E-state index >= 15 is 0 Å². The number of aromatic nitrogens is 6. The molecule has 1 atom stereocenters. The molecule has 0 saturated carbocycles. The minimum Gasteiger partial charge on any atom is -0.378 e. The Bertz CT molecular complexity index is 1970. The molecule has 0 amide bonds. The molecule has 2 fully saturated rings. The van der Waals surface area contributed by atoms with Crippen molar-refractivity contribution in [1.82, 2.24) is 29.9 Å². The molecule has 2 saturated heterocycles. The minimum atomic E-state index is -4.75. The number of nitrogens with two attached hydrogens (primary N) is 2. The number of anilines is 6. The molecule has 5 rings (SSSR count). The highest BCUT2D eigenvalue weighted by Crippen LogP contribution is 2.30. The molecular weight excluding hydrogens is 697 g/mol. The van der Waals surface area contributed by atoms with Gasteiger partial charge < -0.3 is 41.4 Å². The monoisotopic (exact) mass is 732 g/mol. The van der Waals surface area contributed by atoms with Crippen LogP contribution >= 0.6 is 0 Å². The van der Waals surface area contributed by atoms with Crippen LogP contribution in [0.25, 0.3) is 0 Å². The highest BCUT2D eigenvalue weighted by Gasteiger charge is 2.27. The summed E-state index contributed by atoms with van der Waals surface area (Å²) >= 11 is 0. The second-order valence-electron chi connectivity index (χ2n) is 10.9. The molecule has 4 heterocycles. The Labute approximate surface area is 287 Å². The van der Waals surface area contributed by atoms with Gasteiger partial charge in [-0.2, -0.15) is 46.7 Å². The Kier molecular flexibility index (Phi) is 11.4. The van der Waals surface area contributed by atoms with Gasteiger partial charge in [-0.3, -0.25) is 9.11 Å². The van der Waals surface area contributed by atoms with E-state index in [4.69, 9.17) is 20.9 Å². The van der Waals surface area contributed by atoms with Gasteiger partial charge >= 0.3 is 0 Å². The standard InChI is InChI=1S/C28H36N12O8S2/c1-18(49(41,42)43)19(3-2-8-31-25-33-23(29)35-27(37-25)39-9-13-47-14-10-39)4-5-20-6-7-21(17-22(20)50(44,45)46)32-26-34-24(30)36-28(38-26)40-11-15-48-16-12-40/h2-5,7-8,17,20H,1,6,9-16H2,(H,41,42,43)(H,44,45,46)(H3,29,31,33,35,37)(H3,30,32,34,36,38)/b5-4+,8-2+,19-3-. The van der Waals surface area contributed by atoms with Gasteiger partial charge in [-0.25, -0.2) is 0 Å². The molecule has 1 unspecified atom stereocenters. The van der Waals surface area contributed by atoms with Gasteiger partial charge in [0.25, 0.3) is 20.2 Å².